The summed E-state index contributed by atoms with van der Waals surface area (Å²) in [5.74, 6) is 0. The van der Waals surface area contributed by atoms with Crippen molar-refractivity contribution in [1.29, 1.82) is 5.26 Å². The molecule has 1 saturated carbocycles. The Labute approximate surface area is 133 Å². The molecule has 0 atom stereocenters. The van der Waals surface area contributed by atoms with E-state index >= 15 is 0 Å². The van der Waals surface area contributed by atoms with E-state index in [0.29, 0.717) is 5.25 Å². The fourth-order valence-corrected chi connectivity index (χ4v) is 3.91. The van der Waals surface area contributed by atoms with E-state index < -0.39 is 0 Å². The van der Waals surface area contributed by atoms with Crippen LogP contribution in [0, 0.1) is 11.3 Å². The van der Waals surface area contributed by atoms with Crippen LogP contribution in [0.3, 0.4) is 0 Å². The van der Waals surface area contributed by atoms with E-state index in [1.807, 2.05) is 17.8 Å². The summed E-state index contributed by atoms with van der Waals surface area (Å²) in [5, 5.41) is 13.6. The molecule has 0 amide bonds. The predicted octanol–water partition coefficient (Wildman–Crippen LogP) is 4.87. The first-order valence-corrected chi connectivity index (χ1v) is 8.80. The van der Waals surface area contributed by atoms with Crippen LogP contribution < -0.4 is 5.32 Å². The molecule has 0 aliphatic heterocycles. The Kier molecular flexibility index (Phi) is 5.72. The van der Waals surface area contributed by atoms with Crippen LogP contribution in [-0.2, 0) is 6.54 Å². The van der Waals surface area contributed by atoms with Gasteiger partial charge in [0.05, 0.1) is 5.56 Å². The number of benzene rings is 1. The largest absolute Gasteiger partial charge is 0.308 e. The maximum absolute atomic E-state index is 9.42. The summed E-state index contributed by atoms with van der Waals surface area (Å²) in [4.78, 5) is 1.16. The number of rotatable bonds is 4. The fraction of sp³-hybridized carbons (Fsp3) is 0.611. The molecule has 0 aromatic heterocycles. The van der Waals surface area contributed by atoms with Crippen LogP contribution in [0.5, 0.6) is 0 Å². The Morgan fingerprint density at radius 3 is 2.57 bits per heavy atom. The van der Waals surface area contributed by atoms with E-state index in [4.69, 9.17) is 0 Å². The number of nitrogens with one attached hydrogen (secondary N) is 1. The molecule has 0 spiro atoms. The SMILES string of the molecule is CC(C)(C)NCc1ccc(SC2CCCCC2)c(C#N)c1. The smallest absolute Gasteiger partial charge is 0.100 e. The van der Waals surface area contributed by atoms with E-state index in [-0.39, 0.29) is 5.54 Å². The molecule has 0 bridgehead atoms. The average molecular weight is 302 g/mol. The highest BCUT2D eigenvalue weighted by atomic mass is 32.2. The molecule has 1 fully saturated rings. The molecule has 1 aliphatic rings. The fourth-order valence-electron chi connectivity index (χ4n) is 2.61. The van der Waals surface area contributed by atoms with E-state index in [9.17, 15) is 5.26 Å². The molecule has 1 N–H and O–H groups in total. The van der Waals surface area contributed by atoms with Gasteiger partial charge in [-0.25, -0.2) is 0 Å². The Morgan fingerprint density at radius 1 is 1.24 bits per heavy atom. The minimum Gasteiger partial charge on any atom is -0.308 e. The first kappa shape index (κ1) is 16.4. The highest BCUT2D eigenvalue weighted by molar-refractivity contribution is 8.00. The minimum absolute atomic E-state index is 0.0995. The van der Waals surface area contributed by atoms with Gasteiger partial charge in [0, 0.05) is 22.2 Å². The lowest BCUT2D eigenvalue weighted by Gasteiger charge is -2.22. The summed E-state index contributed by atoms with van der Waals surface area (Å²) >= 11 is 1.91. The standard InChI is InChI=1S/C18H26N2S/c1-18(2,3)20-13-14-9-10-17(15(11-14)12-19)21-16-7-5-4-6-8-16/h9-11,16,20H,4-8,13H2,1-3H3. The second kappa shape index (κ2) is 7.33. The van der Waals surface area contributed by atoms with Crippen LogP contribution in [0.25, 0.3) is 0 Å². The monoisotopic (exact) mass is 302 g/mol. The van der Waals surface area contributed by atoms with Gasteiger partial charge in [0.25, 0.3) is 0 Å². The van der Waals surface area contributed by atoms with Gasteiger partial charge < -0.3 is 5.32 Å². The van der Waals surface area contributed by atoms with Crippen LogP contribution in [0.4, 0.5) is 0 Å². The van der Waals surface area contributed by atoms with E-state index in [1.165, 1.54) is 37.7 Å². The van der Waals surface area contributed by atoms with Crippen LogP contribution in [-0.4, -0.2) is 10.8 Å². The second-order valence-corrected chi connectivity index (χ2v) is 8.27. The number of hydrogen-bond acceptors (Lipinski definition) is 3. The maximum Gasteiger partial charge on any atom is 0.100 e. The van der Waals surface area contributed by atoms with Crippen LogP contribution >= 0.6 is 11.8 Å². The van der Waals surface area contributed by atoms with Gasteiger partial charge in [0.2, 0.25) is 0 Å². The normalized spacial score (nSPS) is 16.7. The first-order chi connectivity index (χ1) is 9.98. The van der Waals surface area contributed by atoms with Crippen molar-refractivity contribution in [3.63, 3.8) is 0 Å². The molecule has 0 radical (unpaired) electrons. The van der Waals surface area contributed by atoms with Crippen molar-refractivity contribution in [2.45, 2.75) is 75.1 Å². The predicted molar refractivity (Wildman–Crippen MR) is 90.5 cm³/mol. The zero-order valence-corrected chi connectivity index (χ0v) is 14.2. The third kappa shape index (κ3) is 5.37. The second-order valence-electron chi connectivity index (χ2n) is 6.92. The summed E-state index contributed by atoms with van der Waals surface area (Å²) in [6, 6.07) is 8.71. The van der Waals surface area contributed by atoms with Crippen molar-refractivity contribution < 1.29 is 0 Å². The minimum atomic E-state index is 0.0995. The third-order valence-electron chi connectivity index (χ3n) is 3.83. The molecule has 0 unspecified atom stereocenters. The van der Waals surface area contributed by atoms with Gasteiger partial charge in [-0.3, -0.25) is 0 Å². The summed E-state index contributed by atoms with van der Waals surface area (Å²) in [5.41, 5.74) is 2.12. The van der Waals surface area contributed by atoms with Gasteiger partial charge in [-0.2, -0.15) is 5.26 Å². The third-order valence-corrected chi connectivity index (χ3v) is 5.25. The Balaban J connectivity index is 2.04. The molecule has 1 aliphatic carbocycles. The summed E-state index contributed by atoms with van der Waals surface area (Å²) in [6.45, 7) is 7.29. The summed E-state index contributed by atoms with van der Waals surface area (Å²) < 4.78 is 0. The molecule has 0 heterocycles. The number of nitrogens with zero attached hydrogens (tertiary/aromatic N) is 1. The molecule has 0 saturated heterocycles. The van der Waals surface area contributed by atoms with E-state index in [0.717, 1.165) is 17.0 Å². The van der Waals surface area contributed by atoms with Gasteiger partial charge in [-0.15, -0.1) is 11.8 Å². The van der Waals surface area contributed by atoms with Crippen molar-refractivity contribution in [1.82, 2.24) is 5.32 Å². The van der Waals surface area contributed by atoms with Crippen molar-refractivity contribution in [3.8, 4) is 6.07 Å². The lowest BCUT2D eigenvalue weighted by Crippen LogP contribution is -2.35. The molecule has 1 aromatic carbocycles. The molecule has 114 valence electrons. The van der Waals surface area contributed by atoms with Crippen LogP contribution in [0.2, 0.25) is 0 Å². The van der Waals surface area contributed by atoms with Gasteiger partial charge in [-0.1, -0.05) is 25.3 Å². The lowest BCUT2D eigenvalue weighted by molar-refractivity contribution is 0.424. The van der Waals surface area contributed by atoms with Crippen molar-refractivity contribution in [2.24, 2.45) is 0 Å². The van der Waals surface area contributed by atoms with Gasteiger partial charge in [0.1, 0.15) is 6.07 Å². The quantitative estimate of drug-likeness (QED) is 0.861. The molecule has 1 aromatic rings. The van der Waals surface area contributed by atoms with E-state index in [2.05, 4.69) is 44.3 Å². The highest BCUT2D eigenvalue weighted by Crippen LogP contribution is 2.35. The highest BCUT2D eigenvalue weighted by Gasteiger charge is 2.17. The molecule has 21 heavy (non-hydrogen) atoms. The summed E-state index contributed by atoms with van der Waals surface area (Å²) in [7, 11) is 0. The number of nitriles is 1. The average Bonchev–Trinajstić information content (AvgIpc) is 2.46. The number of thioether (sulfide) groups is 1. The maximum atomic E-state index is 9.42. The Bertz CT molecular complexity index is 505. The zero-order chi connectivity index (χ0) is 15.3. The van der Waals surface area contributed by atoms with E-state index in [1.54, 1.807) is 0 Å². The Hall–Kier alpha value is -0.980. The van der Waals surface area contributed by atoms with Crippen molar-refractivity contribution >= 4 is 11.8 Å². The molecular weight excluding hydrogens is 276 g/mol. The van der Waals surface area contributed by atoms with Gasteiger partial charge in [0.15, 0.2) is 0 Å². The molecule has 2 nitrogen and oxygen atoms in total. The lowest BCUT2D eigenvalue weighted by atomic mass is 10.0. The zero-order valence-electron chi connectivity index (χ0n) is 13.4. The Morgan fingerprint density at radius 2 is 1.95 bits per heavy atom. The molecule has 2 rings (SSSR count). The van der Waals surface area contributed by atoms with Gasteiger partial charge in [-0.05, 0) is 51.3 Å². The molecule has 3 heteroatoms. The first-order valence-electron chi connectivity index (χ1n) is 7.93. The topological polar surface area (TPSA) is 35.8 Å². The molecular formula is C18H26N2S. The summed E-state index contributed by atoms with van der Waals surface area (Å²) in [6.07, 6.45) is 6.64. The number of hydrogen-bond donors (Lipinski definition) is 1. The van der Waals surface area contributed by atoms with Crippen molar-refractivity contribution in [2.75, 3.05) is 0 Å². The van der Waals surface area contributed by atoms with Crippen LogP contribution in [0.1, 0.15) is 64.0 Å². The van der Waals surface area contributed by atoms with Gasteiger partial charge >= 0.3 is 0 Å². The van der Waals surface area contributed by atoms with Crippen LogP contribution in [0.15, 0.2) is 23.1 Å². The van der Waals surface area contributed by atoms with Crippen molar-refractivity contribution in [3.05, 3.63) is 29.3 Å².